The Morgan fingerprint density at radius 2 is 1.95 bits per heavy atom. The highest BCUT2D eigenvalue weighted by molar-refractivity contribution is 5.33. The number of hydrogen-bond donors (Lipinski definition) is 1. The summed E-state index contributed by atoms with van der Waals surface area (Å²) in [6, 6.07) is 5.62. The molecule has 21 heavy (non-hydrogen) atoms. The quantitative estimate of drug-likeness (QED) is 0.757. The fourth-order valence-electron chi connectivity index (χ4n) is 3.40. The van der Waals surface area contributed by atoms with Crippen LogP contribution in [0.25, 0.3) is 0 Å². The van der Waals surface area contributed by atoms with Crippen LogP contribution in [-0.2, 0) is 0 Å². The molecule has 1 atom stereocenters. The summed E-state index contributed by atoms with van der Waals surface area (Å²) in [7, 11) is 1.53. The summed E-state index contributed by atoms with van der Waals surface area (Å²) >= 11 is 0. The van der Waals surface area contributed by atoms with Gasteiger partial charge in [-0.15, -0.1) is 0 Å². The Morgan fingerprint density at radius 3 is 2.57 bits per heavy atom. The molecule has 3 heteroatoms. The highest BCUT2D eigenvalue weighted by atomic mass is 19.1. The van der Waals surface area contributed by atoms with Crippen LogP contribution in [-0.4, -0.2) is 13.7 Å². The van der Waals surface area contributed by atoms with Crippen LogP contribution < -0.4 is 10.1 Å². The fraction of sp³-hybridized carbons (Fsp3) is 0.667. The van der Waals surface area contributed by atoms with Gasteiger partial charge in [-0.2, -0.15) is 0 Å². The Morgan fingerprint density at radius 1 is 1.24 bits per heavy atom. The summed E-state index contributed by atoms with van der Waals surface area (Å²) < 4.78 is 19.8. The van der Waals surface area contributed by atoms with Gasteiger partial charge in [-0.3, -0.25) is 0 Å². The number of rotatable bonds is 6. The lowest BCUT2D eigenvalue weighted by Gasteiger charge is -2.28. The van der Waals surface area contributed by atoms with E-state index in [-0.39, 0.29) is 11.9 Å². The Bertz CT molecular complexity index is 427. The molecule has 0 bridgehead atoms. The van der Waals surface area contributed by atoms with E-state index in [9.17, 15) is 4.39 Å². The summed E-state index contributed by atoms with van der Waals surface area (Å²) in [5.74, 6) is 0.683. The zero-order valence-corrected chi connectivity index (χ0v) is 13.3. The predicted molar refractivity (Wildman–Crippen MR) is 85.2 cm³/mol. The van der Waals surface area contributed by atoms with Crippen molar-refractivity contribution in [2.24, 2.45) is 5.92 Å². The van der Waals surface area contributed by atoms with Crippen molar-refractivity contribution >= 4 is 0 Å². The number of hydrogen-bond acceptors (Lipinski definition) is 2. The van der Waals surface area contributed by atoms with Gasteiger partial charge < -0.3 is 10.1 Å². The summed E-state index contributed by atoms with van der Waals surface area (Å²) in [6.07, 6.45) is 8.61. The molecule has 0 radical (unpaired) electrons. The number of benzene rings is 1. The van der Waals surface area contributed by atoms with Crippen molar-refractivity contribution < 1.29 is 9.13 Å². The lowest BCUT2D eigenvalue weighted by Crippen LogP contribution is -2.30. The van der Waals surface area contributed by atoms with Gasteiger partial charge in [0.05, 0.1) is 7.11 Å². The average molecular weight is 293 g/mol. The maximum Gasteiger partial charge on any atom is 0.169 e. The molecule has 0 saturated heterocycles. The molecular formula is C18H28FNO. The second kappa shape index (κ2) is 8.38. The van der Waals surface area contributed by atoms with Gasteiger partial charge >= 0.3 is 0 Å². The second-order valence-corrected chi connectivity index (χ2v) is 6.05. The van der Waals surface area contributed by atoms with Crippen molar-refractivity contribution in [2.75, 3.05) is 13.7 Å². The SMILES string of the molecule is CCCNC(c1cccc(OC)c1F)C1CCCCCC1. The van der Waals surface area contributed by atoms with Gasteiger partial charge in [0.2, 0.25) is 0 Å². The molecule has 1 aromatic carbocycles. The first-order valence-electron chi connectivity index (χ1n) is 8.33. The third-order valence-corrected chi connectivity index (χ3v) is 4.53. The van der Waals surface area contributed by atoms with Gasteiger partial charge in [-0.25, -0.2) is 4.39 Å². The van der Waals surface area contributed by atoms with Gasteiger partial charge in [-0.1, -0.05) is 44.7 Å². The third-order valence-electron chi connectivity index (χ3n) is 4.53. The van der Waals surface area contributed by atoms with Crippen LogP contribution in [0.2, 0.25) is 0 Å². The highest BCUT2D eigenvalue weighted by Gasteiger charge is 2.27. The Labute approximate surface area is 128 Å². The van der Waals surface area contributed by atoms with Gasteiger partial charge in [0, 0.05) is 11.6 Å². The highest BCUT2D eigenvalue weighted by Crippen LogP contribution is 2.36. The molecule has 0 aliphatic heterocycles. The van der Waals surface area contributed by atoms with E-state index >= 15 is 0 Å². The first-order chi connectivity index (χ1) is 10.3. The maximum absolute atomic E-state index is 14.6. The van der Waals surface area contributed by atoms with Crippen LogP contribution in [0.4, 0.5) is 4.39 Å². The Hall–Kier alpha value is -1.09. The summed E-state index contributed by atoms with van der Waals surface area (Å²) in [5, 5.41) is 3.58. The molecule has 1 aliphatic rings. The van der Waals surface area contributed by atoms with E-state index in [0.717, 1.165) is 18.5 Å². The van der Waals surface area contributed by atoms with E-state index in [2.05, 4.69) is 12.2 Å². The van der Waals surface area contributed by atoms with Crippen molar-refractivity contribution in [3.63, 3.8) is 0 Å². The molecule has 0 heterocycles. The van der Waals surface area contributed by atoms with Gasteiger partial charge in [-0.05, 0) is 37.8 Å². The van der Waals surface area contributed by atoms with Crippen LogP contribution in [0.3, 0.4) is 0 Å². The number of nitrogens with one attached hydrogen (secondary N) is 1. The molecule has 2 nitrogen and oxygen atoms in total. The van der Waals surface area contributed by atoms with Crippen LogP contribution >= 0.6 is 0 Å². The average Bonchev–Trinajstić information content (AvgIpc) is 2.78. The minimum atomic E-state index is -0.196. The van der Waals surface area contributed by atoms with Crippen molar-refractivity contribution in [3.05, 3.63) is 29.6 Å². The Kier molecular flexibility index (Phi) is 6.50. The van der Waals surface area contributed by atoms with Gasteiger partial charge in [0.1, 0.15) is 0 Å². The zero-order valence-electron chi connectivity index (χ0n) is 13.3. The molecule has 2 rings (SSSR count). The number of ether oxygens (including phenoxy) is 1. The van der Waals surface area contributed by atoms with Gasteiger partial charge in [0.15, 0.2) is 11.6 Å². The largest absolute Gasteiger partial charge is 0.494 e. The van der Waals surface area contributed by atoms with E-state index in [1.165, 1.54) is 45.6 Å². The first-order valence-corrected chi connectivity index (χ1v) is 8.33. The van der Waals surface area contributed by atoms with E-state index in [4.69, 9.17) is 4.74 Å². The molecule has 0 aromatic heterocycles. The maximum atomic E-state index is 14.6. The minimum Gasteiger partial charge on any atom is -0.494 e. The van der Waals surface area contributed by atoms with E-state index in [1.54, 1.807) is 6.07 Å². The topological polar surface area (TPSA) is 21.3 Å². The molecule has 1 saturated carbocycles. The van der Waals surface area contributed by atoms with Crippen molar-refractivity contribution in [3.8, 4) is 5.75 Å². The van der Waals surface area contributed by atoms with Crippen LogP contribution in [0.15, 0.2) is 18.2 Å². The molecule has 118 valence electrons. The number of halogens is 1. The van der Waals surface area contributed by atoms with Crippen molar-refractivity contribution in [2.45, 2.75) is 57.9 Å². The molecule has 1 N–H and O–H groups in total. The molecule has 0 spiro atoms. The first kappa shape index (κ1) is 16.3. The molecular weight excluding hydrogens is 265 g/mol. The van der Waals surface area contributed by atoms with E-state index in [1.807, 2.05) is 12.1 Å². The van der Waals surface area contributed by atoms with E-state index in [0.29, 0.717) is 11.7 Å². The fourth-order valence-corrected chi connectivity index (χ4v) is 3.40. The van der Waals surface area contributed by atoms with Crippen LogP contribution in [0, 0.1) is 11.7 Å². The van der Waals surface area contributed by atoms with Crippen LogP contribution in [0.5, 0.6) is 5.75 Å². The Balaban J connectivity index is 2.25. The lowest BCUT2D eigenvalue weighted by molar-refractivity contribution is 0.312. The molecule has 1 aliphatic carbocycles. The third kappa shape index (κ3) is 4.19. The normalized spacial score (nSPS) is 18.2. The molecule has 1 aromatic rings. The van der Waals surface area contributed by atoms with Crippen molar-refractivity contribution in [1.82, 2.24) is 5.32 Å². The molecule has 1 fully saturated rings. The molecule has 0 amide bonds. The summed E-state index contributed by atoms with van der Waals surface area (Å²) in [5.41, 5.74) is 0.773. The van der Waals surface area contributed by atoms with E-state index < -0.39 is 0 Å². The van der Waals surface area contributed by atoms with Crippen LogP contribution in [0.1, 0.15) is 63.5 Å². The zero-order chi connectivity index (χ0) is 15.1. The van der Waals surface area contributed by atoms with Crippen molar-refractivity contribution in [1.29, 1.82) is 0 Å². The molecule has 1 unspecified atom stereocenters. The minimum absolute atomic E-state index is 0.109. The smallest absolute Gasteiger partial charge is 0.169 e. The lowest BCUT2D eigenvalue weighted by atomic mass is 9.86. The van der Waals surface area contributed by atoms with Gasteiger partial charge in [0.25, 0.3) is 0 Å². The monoisotopic (exact) mass is 293 g/mol. The standard InChI is InChI=1S/C18H28FNO/c1-3-13-20-18(14-9-6-4-5-7-10-14)15-11-8-12-16(21-2)17(15)19/h8,11-12,14,18,20H,3-7,9-10,13H2,1-2H3. The second-order valence-electron chi connectivity index (χ2n) is 6.05. The predicted octanol–water partition coefficient (Wildman–Crippen LogP) is 4.85. The number of methoxy groups -OCH3 is 1. The summed E-state index contributed by atoms with van der Waals surface area (Å²) in [6.45, 7) is 3.08. The summed E-state index contributed by atoms with van der Waals surface area (Å²) in [4.78, 5) is 0.